The molecular weight excluding hydrogens is 306 g/mol. The molecule has 1 aromatic carbocycles. The molecular formula is C18H27N3O3. The number of nitro groups is 1. The van der Waals surface area contributed by atoms with Crippen LogP contribution in [0.3, 0.4) is 0 Å². The Morgan fingerprint density at radius 3 is 2.62 bits per heavy atom. The molecule has 1 heterocycles. The third kappa shape index (κ3) is 5.60. The highest BCUT2D eigenvalue weighted by atomic mass is 16.6. The van der Waals surface area contributed by atoms with Gasteiger partial charge in [-0.2, -0.15) is 0 Å². The maximum atomic E-state index is 12.0. The zero-order chi connectivity index (χ0) is 17.5. The molecule has 0 saturated carbocycles. The summed E-state index contributed by atoms with van der Waals surface area (Å²) in [5.41, 5.74) is 0.461. The summed E-state index contributed by atoms with van der Waals surface area (Å²) in [4.78, 5) is 25.0. The highest BCUT2D eigenvalue weighted by molar-refractivity contribution is 5.79. The van der Waals surface area contributed by atoms with E-state index >= 15 is 0 Å². The van der Waals surface area contributed by atoms with E-state index in [1.54, 1.807) is 18.2 Å². The first-order valence-electron chi connectivity index (χ1n) is 8.67. The van der Waals surface area contributed by atoms with Crippen LogP contribution in [0.4, 0.5) is 5.69 Å². The minimum atomic E-state index is -0.443. The number of benzene rings is 1. The lowest BCUT2D eigenvalue weighted by atomic mass is 9.92. The summed E-state index contributed by atoms with van der Waals surface area (Å²) in [6, 6.07) is 6.39. The standard InChI is InChI=1S/C18H27N3O3/c1-14-10-15(2)13-20(12-14)9-5-8-19-18(22)11-16-6-3-4-7-17(16)21(23)24/h3-4,6-7,14-15H,5,8-13H2,1-2H3,(H,19,22)/t14-,15+. The van der Waals surface area contributed by atoms with E-state index in [-0.39, 0.29) is 18.0 Å². The molecule has 1 fully saturated rings. The lowest BCUT2D eigenvalue weighted by molar-refractivity contribution is -0.385. The van der Waals surface area contributed by atoms with E-state index in [0.717, 1.165) is 37.9 Å². The van der Waals surface area contributed by atoms with Crippen molar-refractivity contribution in [1.82, 2.24) is 10.2 Å². The molecule has 2 rings (SSSR count). The van der Waals surface area contributed by atoms with Crippen LogP contribution >= 0.6 is 0 Å². The number of carbonyl (C=O) groups excluding carboxylic acids is 1. The second-order valence-corrected chi connectivity index (χ2v) is 6.97. The molecule has 1 aliphatic heterocycles. The van der Waals surface area contributed by atoms with E-state index in [2.05, 4.69) is 24.1 Å². The zero-order valence-electron chi connectivity index (χ0n) is 14.5. The van der Waals surface area contributed by atoms with Crippen LogP contribution in [0.2, 0.25) is 0 Å². The van der Waals surface area contributed by atoms with Crippen molar-refractivity contribution in [3.05, 3.63) is 39.9 Å². The Kier molecular flexibility index (Phi) is 6.73. The lowest BCUT2D eigenvalue weighted by Crippen LogP contribution is -2.40. The van der Waals surface area contributed by atoms with Gasteiger partial charge in [0.05, 0.1) is 11.3 Å². The number of carbonyl (C=O) groups is 1. The monoisotopic (exact) mass is 333 g/mol. The summed E-state index contributed by atoms with van der Waals surface area (Å²) in [6.07, 6.45) is 2.25. The number of nitrogens with one attached hydrogen (secondary N) is 1. The average molecular weight is 333 g/mol. The number of likely N-dealkylation sites (tertiary alicyclic amines) is 1. The van der Waals surface area contributed by atoms with Gasteiger partial charge in [-0.25, -0.2) is 0 Å². The number of piperidine rings is 1. The molecule has 1 amide bonds. The molecule has 0 unspecified atom stereocenters. The summed E-state index contributed by atoms with van der Waals surface area (Å²) in [6.45, 7) is 8.44. The van der Waals surface area contributed by atoms with Gasteiger partial charge >= 0.3 is 0 Å². The van der Waals surface area contributed by atoms with Crippen molar-refractivity contribution < 1.29 is 9.72 Å². The molecule has 2 atom stereocenters. The molecule has 0 spiro atoms. The molecule has 0 radical (unpaired) electrons. The molecule has 1 saturated heterocycles. The third-order valence-electron chi connectivity index (χ3n) is 4.46. The number of nitrogens with zero attached hydrogens (tertiary/aromatic N) is 2. The average Bonchev–Trinajstić information content (AvgIpc) is 2.51. The summed E-state index contributed by atoms with van der Waals surface area (Å²) < 4.78 is 0. The molecule has 6 nitrogen and oxygen atoms in total. The van der Waals surface area contributed by atoms with E-state index < -0.39 is 4.92 Å². The number of nitro benzene ring substituents is 1. The van der Waals surface area contributed by atoms with Gasteiger partial charge in [0.1, 0.15) is 0 Å². The number of amides is 1. The van der Waals surface area contributed by atoms with E-state index in [0.29, 0.717) is 12.1 Å². The van der Waals surface area contributed by atoms with Crippen molar-refractivity contribution in [1.29, 1.82) is 0 Å². The van der Waals surface area contributed by atoms with Gasteiger partial charge in [-0.1, -0.05) is 32.0 Å². The normalized spacial score (nSPS) is 21.4. The van der Waals surface area contributed by atoms with E-state index in [9.17, 15) is 14.9 Å². The summed E-state index contributed by atoms with van der Waals surface area (Å²) in [5, 5.41) is 13.8. The quantitative estimate of drug-likeness (QED) is 0.473. The molecule has 0 aliphatic carbocycles. The van der Waals surface area contributed by atoms with Crippen LogP contribution in [0.15, 0.2) is 24.3 Å². The fourth-order valence-electron chi connectivity index (χ4n) is 3.58. The van der Waals surface area contributed by atoms with Crippen LogP contribution < -0.4 is 5.32 Å². The fraction of sp³-hybridized carbons (Fsp3) is 0.611. The predicted molar refractivity (Wildman–Crippen MR) is 93.8 cm³/mol. The van der Waals surface area contributed by atoms with Gasteiger partial charge in [-0.05, 0) is 31.2 Å². The van der Waals surface area contributed by atoms with E-state index in [1.165, 1.54) is 12.5 Å². The van der Waals surface area contributed by atoms with Crippen molar-refractivity contribution in [2.75, 3.05) is 26.2 Å². The van der Waals surface area contributed by atoms with Crippen molar-refractivity contribution in [2.24, 2.45) is 11.8 Å². The molecule has 1 aliphatic rings. The highest BCUT2D eigenvalue weighted by Gasteiger charge is 2.21. The smallest absolute Gasteiger partial charge is 0.273 e. The fourth-order valence-corrected chi connectivity index (χ4v) is 3.58. The van der Waals surface area contributed by atoms with Crippen LogP contribution in [-0.4, -0.2) is 41.9 Å². The Balaban J connectivity index is 1.71. The Morgan fingerprint density at radius 1 is 1.29 bits per heavy atom. The van der Waals surface area contributed by atoms with Gasteiger partial charge in [0.2, 0.25) is 5.91 Å². The second-order valence-electron chi connectivity index (χ2n) is 6.97. The first kappa shape index (κ1) is 18.4. The molecule has 132 valence electrons. The molecule has 0 aromatic heterocycles. The van der Waals surface area contributed by atoms with E-state index in [4.69, 9.17) is 0 Å². The van der Waals surface area contributed by atoms with Crippen LogP contribution in [0.25, 0.3) is 0 Å². The van der Waals surface area contributed by atoms with Crippen molar-refractivity contribution in [2.45, 2.75) is 33.1 Å². The number of hydrogen-bond acceptors (Lipinski definition) is 4. The summed E-state index contributed by atoms with van der Waals surface area (Å²) in [7, 11) is 0. The first-order valence-corrected chi connectivity index (χ1v) is 8.67. The Hall–Kier alpha value is -1.95. The Bertz CT molecular complexity index is 566. The summed E-state index contributed by atoms with van der Waals surface area (Å²) in [5.74, 6) is 1.31. The van der Waals surface area contributed by atoms with Gasteiger partial charge < -0.3 is 10.2 Å². The first-order chi connectivity index (χ1) is 11.5. The van der Waals surface area contributed by atoms with Gasteiger partial charge in [-0.15, -0.1) is 0 Å². The van der Waals surface area contributed by atoms with Crippen LogP contribution in [0.1, 0.15) is 32.3 Å². The largest absolute Gasteiger partial charge is 0.356 e. The SMILES string of the molecule is C[C@@H]1C[C@H](C)CN(CCCNC(=O)Cc2ccccc2[N+](=O)[O-])C1. The lowest BCUT2D eigenvalue weighted by Gasteiger charge is -2.34. The maximum absolute atomic E-state index is 12.0. The van der Waals surface area contributed by atoms with Crippen molar-refractivity contribution >= 4 is 11.6 Å². The number of hydrogen-bond donors (Lipinski definition) is 1. The number of para-hydroxylation sites is 1. The van der Waals surface area contributed by atoms with Gasteiger partial charge in [0, 0.05) is 31.3 Å². The van der Waals surface area contributed by atoms with E-state index in [1.807, 2.05) is 0 Å². The topological polar surface area (TPSA) is 75.5 Å². The maximum Gasteiger partial charge on any atom is 0.273 e. The highest BCUT2D eigenvalue weighted by Crippen LogP contribution is 2.21. The van der Waals surface area contributed by atoms with Gasteiger partial charge in [0.25, 0.3) is 5.69 Å². The second kappa shape index (κ2) is 8.78. The van der Waals surface area contributed by atoms with Gasteiger partial charge in [-0.3, -0.25) is 14.9 Å². The molecule has 6 heteroatoms. The number of rotatable bonds is 7. The minimum absolute atomic E-state index is 0.00365. The third-order valence-corrected chi connectivity index (χ3v) is 4.46. The zero-order valence-corrected chi connectivity index (χ0v) is 14.5. The minimum Gasteiger partial charge on any atom is -0.356 e. The molecule has 1 N–H and O–H groups in total. The Morgan fingerprint density at radius 2 is 1.96 bits per heavy atom. The summed E-state index contributed by atoms with van der Waals surface area (Å²) >= 11 is 0. The van der Waals surface area contributed by atoms with Crippen LogP contribution in [0, 0.1) is 22.0 Å². The Labute approximate surface area is 143 Å². The van der Waals surface area contributed by atoms with Crippen molar-refractivity contribution in [3.63, 3.8) is 0 Å². The van der Waals surface area contributed by atoms with Gasteiger partial charge in [0.15, 0.2) is 0 Å². The molecule has 0 bridgehead atoms. The van der Waals surface area contributed by atoms with Crippen molar-refractivity contribution in [3.8, 4) is 0 Å². The van der Waals surface area contributed by atoms with Crippen LogP contribution in [0.5, 0.6) is 0 Å². The van der Waals surface area contributed by atoms with Crippen LogP contribution in [-0.2, 0) is 11.2 Å². The molecule has 1 aromatic rings. The molecule has 24 heavy (non-hydrogen) atoms. The predicted octanol–water partition coefficient (Wildman–Crippen LogP) is 2.62.